The Balaban J connectivity index is 3.54. The molecule has 0 atom stereocenters. The summed E-state index contributed by atoms with van der Waals surface area (Å²) in [4.78, 5) is 0. The van der Waals surface area contributed by atoms with Gasteiger partial charge in [0.1, 0.15) is 17.4 Å². The lowest BCUT2D eigenvalue weighted by atomic mass is 10.2. The summed E-state index contributed by atoms with van der Waals surface area (Å²) in [6.07, 6.45) is 0. The van der Waals surface area contributed by atoms with Gasteiger partial charge in [0, 0.05) is 0 Å². The molecule has 0 saturated heterocycles. The zero-order chi connectivity index (χ0) is 9.30. The molecule has 0 fully saturated rings. The van der Waals surface area contributed by atoms with E-state index in [0.717, 1.165) is 6.07 Å². The van der Waals surface area contributed by atoms with Crippen LogP contribution in [0, 0.1) is 23.0 Å². The number of rotatable bonds is 0. The molecule has 0 N–H and O–H groups in total. The van der Waals surface area contributed by atoms with Gasteiger partial charge in [-0.2, -0.15) is 5.26 Å². The topological polar surface area (TPSA) is 23.8 Å². The molecule has 0 radical (unpaired) electrons. The summed E-state index contributed by atoms with van der Waals surface area (Å²) in [5, 5.41) is 8.04. The molecule has 0 aromatic heterocycles. The summed E-state index contributed by atoms with van der Waals surface area (Å²) in [6.45, 7) is 0. The molecular weight excluding hydrogens is 251 g/mol. The van der Waals surface area contributed by atoms with Crippen molar-refractivity contribution in [2.45, 2.75) is 0 Å². The Morgan fingerprint density at radius 1 is 1.50 bits per heavy atom. The van der Waals surface area contributed by atoms with Crippen molar-refractivity contribution in [2.75, 3.05) is 0 Å². The average Bonchev–Trinajstić information content (AvgIpc) is 2.01. The van der Waals surface area contributed by atoms with Crippen molar-refractivity contribution in [2.24, 2.45) is 0 Å². The normalized spacial score (nSPS) is 9.58. The molecule has 1 aromatic rings. The van der Waals surface area contributed by atoms with Gasteiger partial charge >= 0.3 is 0 Å². The number of hydrogen-bond acceptors (Lipinski definition) is 1. The highest BCUT2D eigenvalue weighted by atomic mass is 79.9. The standard InChI is InChI=1S/C7HBrClF2N/c8-6-3(2-12)5(10)1-4(9)7(6)11/h1H. The zero-order valence-electron chi connectivity index (χ0n) is 5.54. The molecule has 0 unspecified atom stereocenters. The molecule has 0 heterocycles. The highest BCUT2D eigenvalue weighted by Crippen LogP contribution is 2.28. The fourth-order valence-electron chi connectivity index (χ4n) is 0.669. The average molecular weight is 252 g/mol. The van der Waals surface area contributed by atoms with Crippen LogP contribution >= 0.6 is 27.5 Å². The van der Waals surface area contributed by atoms with Crippen molar-refractivity contribution in [3.05, 3.63) is 32.8 Å². The Labute approximate surface area is 80.7 Å². The summed E-state index contributed by atoms with van der Waals surface area (Å²) >= 11 is 8.01. The largest absolute Gasteiger partial charge is 0.205 e. The molecule has 5 heteroatoms. The van der Waals surface area contributed by atoms with Gasteiger partial charge in [-0.25, -0.2) is 8.78 Å². The van der Waals surface area contributed by atoms with Crippen LogP contribution in [-0.2, 0) is 0 Å². The molecule has 0 spiro atoms. The first-order valence-corrected chi connectivity index (χ1v) is 3.98. The van der Waals surface area contributed by atoms with E-state index in [2.05, 4.69) is 15.9 Å². The minimum absolute atomic E-state index is 0.241. The summed E-state index contributed by atoms with van der Waals surface area (Å²) < 4.78 is 25.4. The third-order valence-electron chi connectivity index (χ3n) is 1.23. The van der Waals surface area contributed by atoms with Crippen molar-refractivity contribution in [1.29, 1.82) is 5.26 Å². The summed E-state index contributed by atoms with van der Waals surface area (Å²) in [5.74, 6) is -1.66. The lowest BCUT2D eigenvalue weighted by Gasteiger charge is -2.00. The molecule has 1 rings (SSSR count). The maximum atomic E-state index is 12.9. The minimum Gasteiger partial charge on any atom is -0.205 e. The van der Waals surface area contributed by atoms with Gasteiger partial charge in [0.2, 0.25) is 0 Å². The monoisotopic (exact) mass is 251 g/mol. The van der Waals surface area contributed by atoms with Gasteiger partial charge in [0.05, 0.1) is 9.50 Å². The predicted octanol–water partition coefficient (Wildman–Crippen LogP) is 3.25. The molecule has 0 amide bonds. The van der Waals surface area contributed by atoms with Crippen LogP contribution < -0.4 is 0 Å². The van der Waals surface area contributed by atoms with Crippen LogP contribution in [0.2, 0.25) is 5.02 Å². The molecule has 62 valence electrons. The van der Waals surface area contributed by atoms with Crippen molar-refractivity contribution >= 4 is 27.5 Å². The van der Waals surface area contributed by atoms with E-state index in [4.69, 9.17) is 16.9 Å². The summed E-state index contributed by atoms with van der Waals surface area (Å²) in [5.41, 5.74) is -0.378. The van der Waals surface area contributed by atoms with Crippen molar-refractivity contribution in [3.63, 3.8) is 0 Å². The van der Waals surface area contributed by atoms with Gasteiger partial charge in [-0.1, -0.05) is 11.6 Å². The third-order valence-corrected chi connectivity index (χ3v) is 2.25. The van der Waals surface area contributed by atoms with E-state index in [0.29, 0.717) is 0 Å². The van der Waals surface area contributed by atoms with Gasteiger partial charge in [0.25, 0.3) is 0 Å². The molecule has 0 aliphatic carbocycles. The summed E-state index contributed by atoms with van der Waals surface area (Å²) in [7, 11) is 0. The van der Waals surface area contributed by atoms with Gasteiger partial charge < -0.3 is 0 Å². The Morgan fingerprint density at radius 2 is 2.08 bits per heavy atom. The SMILES string of the molecule is N#Cc1c(F)cc(Cl)c(F)c1Br. The van der Waals surface area contributed by atoms with Gasteiger partial charge in [-0.3, -0.25) is 0 Å². The zero-order valence-corrected chi connectivity index (χ0v) is 7.88. The third kappa shape index (κ3) is 1.43. The first kappa shape index (κ1) is 9.43. The van der Waals surface area contributed by atoms with Crippen molar-refractivity contribution in [1.82, 2.24) is 0 Å². The van der Waals surface area contributed by atoms with Crippen LogP contribution in [0.3, 0.4) is 0 Å². The van der Waals surface area contributed by atoms with E-state index in [1.165, 1.54) is 6.07 Å². The smallest absolute Gasteiger partial charge is 0.157 e. The predicted molar refractivity (Wildman–Crippen MR) is 43.8 cm³/mol. The van der Waals surface area contributed by atoms with E-state index >= 15 is 0 Å². The lowest BCUT2D eigenvalue weighted by molar-refractivity contribution is 0.591. The van der Waals surface area contributed by atoms with E-state index in [1.54, 1.807) is 0 Å². The lowest BCUT2D eigenvalue weighted by Crippen LogP contribution is -1.90. The maximum Gasteiger partial charge on any atom is 0.157 e. The molecular formula is C7HBrClF2N. The Bertz CT molecular complexity index is 373. The second kappa shape index (κ2) is 3.38. The number of benzene rings is 1. The molecule has 1 nitrogen and oxygen atoms in total. The van der Waals surface area contributed by atoms with E-state index in [9.17, 15) is 8.78 Å². The van der Waals surface area contributed by atoms with Gasteiger partial charge in [-0.05, 0) is 22.0 Å². The quantitative estimate of drug-likeness (QED) is 0.513. The maximum absolute atomic E-state index is 12.9. The molecule has 0 bridgehead atoms. The number of halogens is 4. The van der Waals surface area contributed by atoms with Crippen LogP contribution in [0.4, 0.5) is 8.78 Å². The first-order valence-electron chi connectivity index (χ1n) is 2.81. The summed E-state index contributed by atoms with van der Waals surface area (Å²) in [6, 6.07) is 2.28. The van der Waals surface area contributed by atoms with E-state index in [-0.39, 0.29) is 15.1 Å². The number of hydrogen-bond donors (Lipinski definition) is 0. The molecule has 0 aliphatic rings. The highest BCUT2D eigenvalue weighted by Gasteiger charge is 2.14. The van der Waals surface area contributed by atoms with Gasteiger partial charge in [0.15, 0.2) is 5.82 Å². The molecule has 0 saturated carbocycles. The van der Waals surface area contributed by atoms with Gasteiger partial charge in [-0.15, -0.1) is 0 Å². The van der Waals surface area contributed by atoms with Crippen LogP contribution in [-0.4, -0.2) is 0 Å². The van der Waals surface area contributed by atoms with Crippen molar-refractivity contribution < 1.29 is 8.78 Å². The second-order valence-corrected chi connectivity index (χ2v) is 3.16. The van der Waals surface area contributed by atoms with Crippen LogP contribution in [0.15, 0.2) is 10.5 Å². The number of nitrogens with zero attached hydrogens (tertiary/aromatic N) is 1. The van der Waals surface area contributed by atoms with Crippen molar-refractivity contribution in [3.8, 4) is 6.07 Å². The number of nitriles is 1. The molecule has 1 aromatic carbocycles. The van der Waals surface area contributed by atoms with E-state index < -0.39 is 11.6 Å². The Hall–Kier alpha value is -0.660. The van der Waals surface area contributed by atoms with Crippen LogP contribution in [0.25, 0.3) is 0 Å². The molecule has 0 aliphatic heterocycles. The van der Waals surface area contributed by atoms with Crippen LogP contribution in [0.1, 0.15) is 5.56 Å². The second-order valence-electron chi connectivity index (χ2n) is 1.95. The Morgan fingerprint density at radius 3 is 2.58 bits per heavy atom. The first-order chi connectivity index (χ1) is 5.57. The Kier molecular flexibility index (Phi) is 2.65. The molecule has 12 heavy (non-hydrogen) atoms. The van der Waals surface area contributed by atoms with E-state index in [1.807, 2.05) is 0 Å². The fraction of sp³-hybridized carbons (Fsp3) is 0. The highest BCUT2D eigenvalue weighted by molar-refractivity contribution is 9.10. The fourth-order valence-corrected chi connectivity index (χ4v) is 1.46. The van der Waals surface area contributed by atoms with Crippen LogP contribution in [0.5, 0.6) is 0 Å². The minimum atomic E-state index is -0.837.